The molecule has 21 heteroatoms. The summed E-state index contributed by atoms with van der Waals surface area (Å²) in [6.07, 6.45) is -5.06. The lowest BCUT2D eigenvalue weighted by Gasteiger charge is -2.27. The lowest BCUT2D eigenvalue weighted by Crippen LogP contribution is -2.42. The Morgan fingerprint density at radius 2 is 1.81 bits per heavy atom. The fourth-order valence-corrected chi connectivity index (χ4v) is 5.96. The molecule has 1 aliphatic heterocycles. The van der Waals surface area contributed by atoms with Crippen LogP contribution in [0.3, 0.4) is 0 Å². The van der Waals surface area contributed by atoms with Crippen LogP contribution in [0.25, 0.3) is 0 Å². The molecule has 1 saturated heterocycles. The summed E-state index contributed by atoms with van der Waals surface area (Å²) in [4.78, 5) is 37.7. The summed E-state index contributed by atoms with van der Waals surface area (Å²) < 4.78 is 78.8. The van der Waals surface area contributed by atoms with Crippen LogP contribution in [0.15, 0.2) is 6.20 Å². The number of alkyl halides is 1. The van der Waals surface area contributed by atoms with Gasteiger partial charge in [-0.15, -0.1) is 0 Å². The Kier molecular flexibility index (Phi) is 7.96. The van der Waals surface area contributed by atoms with Crippen molar-refractivity contribution in [1.29, 1.82) is 0 Å². The van der Waals surface area contributed by atoms with Crippen LogP contribution in [0, 0.1) is 15.2 Å². The number of nitrogens with one attached hydrogen (secondary N) is 1. The Labute approximate surface area is 181 Å². The van der Waals surface area contributed by atoms with Gasteiger partial charge in [0.15, 0.2) is 23.0 Å². The minimum Gasteiger partial charge on any atom is -0.382 e. The summed E-state index contributed by atoms with van der Waals surface area (Å²) in [5, 5.41) is 10.4. The van der Waals surface area contributed by atoms with Gasteiger partial charge in [-0.2, -0.15) is 8.62 Å². The highest BCUT2D eigenvalue weighted by Gasteiger charge is 2.55. The zero-order valence-corrected chi connectivity index (χ0v) is 19.3. The van der Waals surface area contributed by atoms with Crippen LogP contribution < -0.4 is 0 Å². The van der Waals surface area contributed by atoms with Crippen LogP contribution in [0.5, 0.6) is 0 Å². The first-order valence-corrected chi connectivity index (χ1v) is 13.0. The van der Waals surface area contributed by atoms with E-state index in [1.54, 1.807) is 0 Å². The van der Waals surface area contributed by atoms with Crippen LogP contribution in [-0.4, -0.2) is 58.7 Å². The van der Waals surface area contributed by atoms with Crippen molar-refractivity contribution in [3.63, 3.8) is 0 Å². The lowest BCUT2D eigenvalue weighted by atomic mass is 9.98. The minimum atomic E-state index is -5.77. The van der Waals surface area contributed by atoms with E-state index >= 15 is 0 Å². The van der Waals surface area contributed by atoms with Gasteiger partial charge < -0.3 is 34.4 Å². The zero-order valence-electron chi connectivity index (χ0n) is 15.0. The Balaban J connectivity index is 2.17. The maximum absolute atomic E-state index is 14.7. The molecular weight excluding hydrogens is 535 g/mol. The first-order chi connectivity index (χ1) is 13.8. The maximum Gasteiger partial charge on any atom is 0.490 e. The number of aromatic nitrogens is 2. The van der Waals surface area contributed by atoms with Gasteiger partial charge in [0.1, 0.15) is 16.3 Å². The molecule has 6 N–H and O–H groups in total. The summed E-state index contributed by atoms with van der Waals surface area (Å²) in [5.41, 5.74) is -2.37. The number of nitrogens with zero attached hydrogens (tertiary/aromatic N) is 1. The number of aliphatic hydroxyl groups is 1. The first kappa shape index (κ1) is 27.0. The molecule has 2 rings (SSSR count). The average molecular weight is 550 g/mol. The Bertz CT molecular complexity index is 1100. The second kappa shape index (κ2) is 9.16. The molecule has 1 aromatic rings. The van der Waals surface area contributed by atoms with Crippen LogP contribution in [0.2, 0.25) is 0 Å². The van der Waals surface area contributed by atoms with E-state index in [0.29, 0.717) is 0 Å². The SMILES string of the molecule is CC1(O)C(F)C(COP(=O)(O)OP(=O)(O)OP(=O)(O)O)OC1n1cc(F)c(=S)[nH]c1=S. The zero-order chi connectivity index (χ0) is 24.0. The molecule has 178 valence electrons. The van der Waals surface area contributed by atoms with Crippen molar-refractivity contribution in [2.75, 3.05) is 6.61 Å². The van der Waals surface area contributed by atoms with Gasteiger partial charge in [0.25, 0.3) is 0 Å². The van der Waals surface area contributed by atoms with Crippen molar-refractivity contribution in [1.82, 2.24) is 9.55 Å². The third-order valence-corrected chi connectivity index (χ3v) is 8.10. The molecule has 1 aromatic heterocycles. The van der Waals surface area contributed by atoms with Crippen molar-refractivity contribution in [3.8, 4) is 0 Å². The van der Waals surface area contributed by atoms with E-state index in [4.69, 9.17) is 31.6 Å². The van der Waals surface area contributed by atoms with E-state index in [1.807, 2.05) is 0 Å². The Hall–Kier alpha value is -0.290. The van der Waals surface area contributed by atoms with Crippen molar-refractivity contribution in [2.45, 2.75) is 31.0 Å². The van der Waals surface area contributed by atoms with Crippen LogP contribution in [-0.2, 0) is 31.6 Å². The van der Waals surface area contributed by atoms with Gasteiger partial charge in [-0.05, 0) is 19.1 Å². The summed E-state index contributed by atoms with van der Waals surface area (Å²) in [7, 11) is -16.9. The Morgan fingerprint density at radius 1 is 1.23 bits per heavy atom. The molecular formula is C10H15F2N2O12P3S2. The molecule has 6 atom stereocenters. The number of rotatable bonds is 8. The second-order valence-electron chi connectivity index (χ2n) is 6.18. The number of phosphoric ester groups is 1. The number of phosphoric acid groups is 3. The largest absolute Gasteiger partial charge is 0.490 e. The standard InChI is InChI=1S/C10H15F2N2O12P3S2/c1-10(15)6(12)5(24-8(10)14-2-4(11)7(30)13-9(14)31)3-23-28(19,20)26-29(21,22)25-27(16,17)18/h2,5-6,8,15H,3H2,1H3,(H,19,20)(H,21,22)(H,13,30,31)(H2,16,17,18). The Morgan fingerprint density at radius 3 is 2.35 bits per heavy atom. The first-order valence-electron chi connectivity index (χ1n) is 7.66. The second-order valence-corrected chi connectivity index (χ2v) is 11.4. The topological polar surface area (TPSA) is 210 Å². The minimum absolute atomic E-state index is 0.252. The van der Waals surface area contributed by atoms with E-state index in [1.165, 1.54) is 0 Å². The number of H-pyrrole nitrogens is 1. The molecule has 0 bridgehead atoms. The summed E-state index contributed by atoms with van der Waals surface area (Å²) in [6, 6.07) is 0. The van der Waals surface area contributed by atoms with Crippen LogP contribution in [0.4, 0.5) is 8.78 Å². The third-order valence-electron chi connectivity index (χ3n) is 3.68. The predicted molar refractivity (Wildman–Crippen MR) is 99.7 cm³/mol. The third kappa shape index (κ3) is 6.85. The molecule has 6 unspecified atom stereocenters. The van der Waals surface area contributed by atoms with E-state index in [9.17, 15) is 32.5 Å². The summed E-state index contributed by atoms with van der Waals surface area (Å²) >= 11 is 9.59. The van der Waals surface area contributed by atoms with E-state index < -0.39 is 60.0 Å². The lowest BCUT2D eigenvalue weighted by molar-refractivity contribution is -0.0924. The molecule has 0 aromatic carbocycles. The number of hydrogen-bond acceptors (Lipinski definition) is 10. The van der Waals surface area contributed by atoms with Gasteiger partial charge in [-0.1, -0.05) is 12.2 Å². The highest BCUT2D eigenvalue weighted by molar-refractivity contribution is 7.72. The monoisotopic (exact) mass is 550 g/mol. The highest BCUT2D eigenvalue weighted by atomic mass is 32.1. The van der Waals surface area contributed by atoms with Crippen LogP contribution >= 0.6 is 47.9 Å². The number of ether oxygens (including phenoxy) is 1. The molecule has 0 spiro atoms. The maximum atomic E-state index is 14.7. The molecule has 0 aliphatic carbocycles. The fraction of sp³-hybridized carbons (Fsp3) is 0.600. The molecule has 1 aliphatic rings. The molecule has 0 saturated carbocycles. The quantitative estimate of drug-likeness (QED) is 0.201. The van der Waals surface area contributed by atoms with Gasteiger partial charge in [0.2, 0.25) is 0 Å². The highest BCUT2D eigenvalue weighted by Crippen LogP contribution is 2.66. The molecule has 1 fully saturated rings. The number of aromatic amines is 1. The predicted octanol–water partition coefficient (Wildman–Crippen LogP) is 1.74. The van der Waals surface area contributed by atoms with Gasteiger partial charge in [0, 0.05) is 6.20 Å². The van der Waals surface area contributed by atoms with E-state index in [-0.39, 0.29) is 9.41 Å². The smallest absolute Gasteiger partial charge is 0.382 e. The van der Waals surface area contributed by atoms with Gasteiger partial charge >= 0.3 is 23.5 Å². The van der Waals surface area contributed by atoms with Crippen molar-refractivity contribution >= 4 is 47.9 Å². The average Bonchev–Trinajstić information content (AvgIpc) is 2.76. The summed E-state index contributed by atoms with van der Waals surface area (Å²) in [6.45, 7) is -0.218. The van der Waals surface area contributed by atoms with Crippen molar-refractivity contribution in [3.05, 3.63) is 21.4 Å². The molecule has 31 heavy (non-hydrogen) atoms. The molecule has 0 radical (unpaired) electrons. The van der Waals surface area contributed by atoms with E-state index in [0.717, 1.165) is 17.7 Å². The molecule has 2 heterocycles. The van der Waals surface area contributed by atoms with Gasteiger partial charge in [-0.3, -0.25) is 9.09 Å². The van der Waals surface area contributed by atoms with Gasteiger partial charge in [-0.25, -0.2) is 22.5 Å². The number of hydrogen-bond donors (Lipinski definition) is 6. The number of halogens is 2. The van der Waals surface area contributed by atoms with Gasteiger partial charge in [0.05, 0.1) is 6.61 Å². The fourth-order valence-electron chi connectivity index (χ4n) is 2.46. The normalized spacial score (nSPS) is 30.6. The van der Waals surface area contributed by atoms with Crippen molar-refractivity contribution < 1.29 is 65.0 Å². The summed E-state index contributed by atoms with van der Waals surface area (Å²) in [5.74, 6) is -0.977. The van der Waals surface area contributed by atoms with E-state index in [2.05, 4.69) is 30.3 Å². The molecule has 14 nitrogen and oxygen atoms in total. The molecule has 0 amide bonds. The van der Waals surface area contributed by atoms with Crippen LogP contribution in [0.1, 0.15) is 13.2 Å². The van der Waals surface area contributed by atoms with Crippen molar-refractivity contribution in [2.24, 2.45) is 0 Å².